The Morgan fingerprint density at radius 1 is 1.43 bits per heavy atom. The van der Waals surface area contributed by atoms with E-state index in [0.29, 0.717) is 0 Å². The molecule has 3 N–H and O–H groups in total. The first kappa shape index (κ1) is 7.27. The number of hydrogen-bond acceptors (Lipinski definition) is 4. The molecule has 0 spiro atoms. The van der Waals surface area contributed by atoms with Gasteiger partial charge in [-0.15, -0.1) is 0 Å². The predicted molar refractivity (Wildman–Crippen MR) is 26.6 cm³/mol. The summed E-state index contributed by atoms with van der Waals surface area (Å²) >= 11 is 0. The molecule has 7 heavy (non-hydrogen) atoms. The van der Waals surface area contributed by atoms with Crippen molar-refractivity contribution in [3.8, 4) is 0 Å². The van der Waals surface area contributed by atoms with Crippen LogP contribution in [0.1, 0.15) is 6.92 Å². The topological polar surface area (TPSA) is 69.9 Å². The maximum absolute atomic E-state index is 8.05. The van der Waals surface area contributed by atoms with Crippen LogP contribution in [0.5, 0.6) is 0 Å². The molecule has 0 aromatic rings. The Morgan fingerprint density at radius 2 is 1.86 bits per heavy atom. The standard InChI is InChI=1S/C2H9O4P/c1-2-6-7(3,4)5/h3-5,7H,2H2,1H3. The second kappa shape index (κ2) is 2.55. The van der Waals surface area contributed by atoms with E-state index in [2.05, 4.69) is 4.52 Å². The fraction of sp³-hybridized carbons (Fsp3) is 1.00. The summed E-state index contributed by atoms with van der Waals surface area (Å²) in [5, 5.41) is 0. The fourth-order valence-corrected chi connectivity index (χ4v) is 0.581. The van der Waals surface area contributed by atoms with Crippen LogP contribution in [-0.4, -0.2) is 21.3 Å². The predicted octanol–water partition coefficient (Wildman–Crippen LogP) is -0.590. The summed E-state index contributed by atoms with van der Waals surface area (Å²) in [5.74, 6) is 0. The Hall–Kier alpha value is 0.270. The van der Waals surface area contributed by atoms with Crippen LogP contribution in [0.25, 0.3) is 0 Å². The van der Waals surface area contributed by atoms with E-state index in [-0.39, 0.29) is 6.61 Å². The average molecular weight is 128 g/mol. The zero-order valence-electron chi connectivity index (χ0n) is 3.96. The van der Waals surface area contributed by atoms with Crippen molar-refractivity contribution in [3.63, 3.8) is 0 Å². The zero-order valence-corrected chi connectivity index (χ0v) is 4.96. The van der Waals surface area contributed by atoms with E-state index < -0.39 is 8.17 Å². The van der Waals surface area contributed by atoms with Crippen molar-refractivity contribution in [1.29, 1.82) is 0 Å². The van der Waals surface area contributed by atoms with Crippen molar-refractivity contribution >= 4 is 8.17 Å². The van der Waals surface area contributed by atoms with Gasteiger partial charge >= 0.3 is 40.9 Å². The van der Waals surface area contributed by atoms with E-state index in [1.165, 1.54) is 0 Å². The van der Waals surface area contributed by atoms with E-state index in [1.54, 1.807) is 6.92 Å². The molecule has 0 fully saturated rings. The molecule has 0 aliphatic rings. The molecule has 0 saturated carbocycles. The van der Waals surface area contributed by atoms with Crippen LogP contribution in [-0.2, 0) is 4.52 Å². The average Bonchev–Trinajstić information content (AvgIpc) is 1.30. The molecule has 4 nitrogen and oxygen atoms in total. The molecule has 0 saturated heterocycles. The van der Waals surface area contributed by atoms with Crippen molar-refractivity contribution < 1.29 is 19.2 Å². The van der Waals surface area contributed by atoms with Gasteiger partial charge in [0.1, 0.15) is 0 Å². The van der Waals surface area contributed by atoms with Crippen LogP contribution in [0.3, 0.4) is 0 Å². The molecule has 0 aliphatic heterocycles. The molecule has 0 amide bonds. The third-order valence-corrected chi connectivity index (χ3v) is 1.01. The van der Waals surface area contributed by atoms with Gasteiger partial charge in [-0.3, -0.25) is 0 Å². The van der Waals surface area contributed by atoms with Crippen molar-refractivity contribution in [2.45, 2.75) is 6.92 Å². The van der Waals surface area contributed by atoms with Gasteiger partial charge in [-0.1, -0.05) is 0 Å². The van der Waals surface area contributed by atoms with Crippen molar-refractivity contribution in [1.82, 2.24) is 0 Å². The molecule has 0 atom stereocenters. The van der Waals surface area contributed by atoms with E-state index in [4.69, 9.17) is 14.7 Å². The first-order valence-electron chi connectivity index (χ1n) is 1.87. The Labute approximate surface area is 42.0 Å². The third-order valence-electron chi connectivity index (χ3n) is 0.338. The van der Waals surface area contributed by atoms with Crippen molar-refractivity contribution in [2.24, 2.45) is 0 Å². The normalized spacial score (nSPS) is 14.3. The third kappa shape index (κ3) is 6.27. The molecule has 0 rings (SSSR count). The summed E-state index contributed by atoms with van der Waals surface area (Å²) in [6.07, 6.45) is 0. The SMILES string of the molecule is CCO[PH](O)(O)O. The van der Waals surface area contributed by atoms with E-state index in [1.807, 2.05) is 0 Å². The van der Waals surface area contributed by atoms with Crippen LogP contribution in [0.15, 0.2) is 0 Å². The molecule has 0 aromatic heterocycles. The molecule has 0 aliphatic carbocycles. The molecule has 0 heterocycles. The summed E-state index contributed by atoms with van der Waals surface area (Å²) in [4.78, 5) is 24.1. The van der Waals surface area contributed by atoms with Crippen LogP contribution in [0, 0.1) is 0 Å². The quantitative estimate of drug-likeness (QED) is 0.435. The second-order valence-electron chi connectivity index (χ2n) is 1.01. The van der Waals surface area contributed by atoms with Crippen molar-refractivity contribution in [2.75, 3.05) is 6.61 Å². The molecule has 46 valence electrons. The summed E-state index contributed by atoms with van der Waals surface area (Å²) < 4.78 is 4.03. The maximum atomic E-state index is 8.05. The van der Waals surface area contributed by atoms with Gasteiger partial charge in [0.25, 0.3) is 0 Å². The minimum atomic E-state index is -4.16. The van der Waals surface area contributed by atoms with Crippen LogP contribution in [0.4, 0.5) is 0 Å². The summed E-state index contributed by atoms with van der Waals surface area (Å²) in [6.45, 7) is 1.68. The Bertz CT molecular complexity index is 48.1. The van der Waals surface area contributed by atoms with Crippen LogP contribution in [0.2, 0.25) is 0 Å². The molecule has 0 aromatic carbocycles. The van der Waals surface area contributed by atoms with Gasteiger partial charge in [0.05, 0.1) is 0 Å². The Kier molecular flexibility index (Phi) is 2.64. The minimum absolute atomic E-state index is 0.121. The van der Waals surface area contributed by atoms with Gasteiger partial charge in [0.15, 0.2) is 0 Å². The molecule has 5 heteroatoms. The first-order chi connectivity index (χ1) is 3.06. The molecule has 0 unspecified atom stereocenters. The van der Waals surface area contributed by atoms with Gasteiger partial charge in [0.2, 0.25) is 0 Å². The fourth-order valence-electron chi connectivity index (χ4n) is 0.194. The van der Waals surface area contributed by atoms with Gasteiger partial charge in [-0.05, 0) is 0 Å². The van der Waals surface area contributed by atoms with Crippen molar-refractivity contribution in [3.05, 3.63) is 0 Å². The second-order valence-corrected chi connectivity index (χ2v) is 2.44. The van der Waals surface area contributed by atoms with E-state index in [0.717, 1.165) is 0 Å². The molecular weight excluding hydrogens is 119 g/mol. The number of hydrogen-bond donors (Lipinski definition) is 3. The first-order valence-corrected chi connectivity index (χ1v) is 3.62. The van der Waals surface area contributed by atoms with Gasteiger partial charge < -0.3 is 0 Å². The van der Waals surface area contributed by atoms with Crippen LogP contribution < -0.4 is 0 Å². The Morgan fingerprint density at radius 3 is 1.86 bits per heavy atom. The van der Waals surface area contributed by atoms with Crippen LogP contribution >= 0.6 is 8.17 Å². The van der Waals surface area contributed by atoms with Gasteiger partial charge in [-0.25, -0.2) is 0 Å². The van der Waals surface area contributed by atoms with Gasteiger partial charge in [-0.2, -0.15) is 0 Å². The molecular formula is C2H9O4P. The summed E-state index contributed by atoms with van der Waals surface area (Å²) in [5.41, 5.74) is 0. The molecule has 0 radical (unpaired) electrons. The monoisotopic (exact) mass is 128 g/mol. The van der Waals surface area contributed by atoms with E-state index >= 15 is 0 Å². The summed E-state index contributed by atoms with van der Waals surface area (Å²) in [7, 11) is -4.16. The molecule has 0 bridgehead atoms. The van der Waals surface area contributed by atoms with Gasteiger partial charge in [0, 0.05) is 0 Å². The van der Waals surface area contributed by atoms with E-state index in [9.17, 15) is 0 Å². The number of rotatable bonds is 2. The zero-order chi connectivity index (χ0) is 5.91. The summed E-state index contributed by atoms with van der Waals surface area (Å²) in [6, 6.07) is 0. The Balaban J connectivity index is 3.15.